The van der Waals surface area contributed by atoms with Crippen LogP contribution in [0.4, 0.5) is 5.82 Å². The van der Waals surface area contributed by atoms with Crippen molar-refractivity contribution in [2.24, 2.45) is 0 Å². The summed E-state index contributed by atoms with van der Waals surface area (Å²) in [4.78, 5) is 21.7. The number of hydrogen-bond acceptors (Lipinski definition) is 9. The predicted octanol–water partition coefficient (Wildman–Crippen LogP) is 2.34. The summed E-state index contributed by atoms with van der Waals surface area (Å²) in [5.74, 6) is -0.309. The van der Waals surface area contributed by atoms with Crippen LogP contribution in [0.2, 0.25) is 0 Å². The van der Waals surface area contributed by atoms with E-state index in [1.165, 1.54) is 26.3 Å². The second kappa shape index (κ2) is 11.2. The summed E-state index contributed by atoms with van der Waals surface area (Å²) in [6.07, 6.45) is 1.64. The Hall–Kier alpha value is -3.35. The van der Waals surface area contributed by atoms with Gasteiger partial charge in [-0.15, -0.1) is 0 Å². The third-order valence-corrected chi connectivity index (χ3v) is 8.67. The van der Waals surface area contributed by atoms with Crippen molar-refractivity contribution in [2.75, 3.05) is 65.9 Å². The summed E-state index contributed by atoms with van der Waals surface area (Å²) in [7, 11) is 0.561. The van der Waals surface area contributed by atoms with Gasteiger partial charge in [-0.25, -0.2) is 13.4 Å². The molecule has 2 aromatic rings. The van der Waals surface area contributed by atoms with Crippen molar-refractivity contribution < 1.29 is 27.8 Å². The molecule has 2 aliphatic heterocycles. The highest BCUT2D eigenvalue weighted by atomic mass is 32.2. The molecule has 1 aromatic heterocycles. The van der Waals surface area contributed by atoms with Crippen molar-refractivity contribution in [1.82, 2.24) is 19.1 Å². The molecule has 2 aliphatic rings. The Kier molecular flexibility index (Phi) is 8.14. The Morgan fingerprint density at radius 2 is 1.84 bits per heavy atom. The Labute approximate surface area is 223 Å². The van der Waals surface area contributed by atoms with E-state index in [4.69, 9.17) is 9.47 Å². The van der Waals surface area contributed by atoms with Crippen LogP contribution in [-0.2, 0) is 14.8 Å². The van der Waals surface area contributed by atoms with Crippen LogP contribution in [0.1, 0.15) is 30.9 Å². The number of carbonyl (C=O) groups is 1. The SMILES string of the molecule is COc1cc2c(cc1OCCN1CCN(C)CC1)S(=O)(=O)N(C)C(C(=O)Nc1ccc(C(C)C)cn1)=C2O. The first-order valence-corrected chi connectivity index (χ1v) is 13.9. The zero-order valence-corrected chi connectivity index (χ0v) is 23.2. The van der Waals surface area contributed by atoms with Crippen LogP contribution in [-0.4, -0.2) is 99.1 Å². The number of aliphatic hydroxyl groups excluding tert-OH is 1. The molecule has 206 valence electrons. The molecule has 1 fully saturated rings. The Bertz CT molecular complexity index is 1320. The fourth-order valence-electron chi connectivity index (χ4n) is 4.36. The number of benzene rings is 1. The monoisotopic (exact) mass is 545 g/mol. The number of fused-ring (bicyclic) bond motifs is 1. The van der Waals surface area contributed by atoms with Crippen LogP contribution in [0, 0.1) is 0 Å². The molecule has 0 unspecified atom stereocenters. The summed E-state index contributed by atoms with van der Waals surface area (Å²) in [6, 6.07) is 6.17. The fourth-order valence-corrected chi connectivity index (χ4v) is 5.75. The maximum absolute atomic E-state index is 13.4. The van der Waals surface area contributed by atoms with Crippen LogP contribution in [0.5, 0.6) is 11.5 Å². The van der Waals surface area contributed by atoms with Gasteiger partial charge in [0.25, 0.3) is 15.9 Å². The molecule has 1 aromatic carbocycles. The van der Waals surface area contributed by atoms with Crippen LogP contribution >= 0.6 is 0 Å². The van der Waals surface area contributed by atoms with E-state index in [9.17, 15) is 18.3 Å². The minimum Gasteiger partial charge on any atom is -0.505 e. The van der Waals surface area contributed by atoms with Crippen molar-refractivity contribution in [1.29, 1.82) is 0 Å². The molecule has 2 N–H and O–H groups in total. The second-order valence-electron chi connectivity index (χ2n) is 9.75. The van der Waals surface area contributed by atoms with Crippen molar-refractivity contribution in [3.63, 3.8) is 0 Å². The number of nitrogens with one attached hydrogen (secondary N) is 1. The molecule has 4 rings (SSSR count). The molecule has 0 radical (unpaired) electrons. The number of carbonyl (C=O) groups excluding carboxylic acids is 1. The topological polar surface area (TPSA) is 125 Å². The lowest BCUT2D eigenvalue weighted by Gasteiger charge is -2.32. The summed E-state index contributed by atoms with van der Waals surface area (Å²) in [6.45, 7) is 8.89. The third-order valence-electron chi connectivity index (χ3n) is 6.87. The number of hydrogen-bond donors (Lipinski definition) is 2. The van der Waals surface area contributed by atoms with Gasteiger partial charge in [-0.2, -0.15) is 0 Å². The zero-order valence-electron chi connectivity index (χ0n) is 22.4. The number of aromatic nitrogens is 1. The number of aliphatic hydroxyl groups is 1. The lowest BCUT2D eigenvalue weighted by Crippen LogP contribution is -2.45. The summed E-state index contributed by atoms with van der Waals surface area (Å²) >= 11 is 0. The van der Waals surface area contributed by atoms with Crippen LogP contribution in [0.15, 0.2) is 41.1 Å². The first-order valence-electron chi connectivity index (χ1n) is 12.5. The number of rotatable bonds is 8. The van der Waals surface area contributed by atoms with Crippen LogP contribution < -0.4 is 14.8 Å². The van der Waals surface area contributed by atoms with Gasteiger partial charge >= 0.3 is 0 Å². The van der Waals surface area contributed by atoms with Gasteiger partial charge < -0.3 is 24.8 Å². The first-order chi connectivity index (χ1) is 18.0. The molecule has 11 nitrogen and oxygen atoms in total. The van der Waals surface area contributed by atoms with Gasteiger partial charge in [-0.05, 0) is 30.7 Å². The van der Waals surface area contributed by atoms with Crippen molar-refractivity contribution in [2.45, 2.75) is 24.7 Å². The molecular weight excluding hydrogens is 510 g/mol. The maximum Gasteiger partial charge on any atom is 0.277 e. The highest BCUT2D eigenvalue weighted by Gasteiger charge is 2.39. The largest absolute Gasteiger partial charge is 0.505 e. The van der Waals surface area contributed by atoms with Crippen molar-refractivity contribution in [3.05, 3.63) is 47.3 Å². The lowest BCUT2D eigenvalue weighted by atomic mass is 10.1. The van der Waals surface area contributed by atoms with E-state index >= 15 is 0 Å². The van der Waals surface area contributed by atoms with E-state index in [1.807, 2.05) is 19.9 Å². The molecule has 3 heterocycles. The molecule has 0 aliphatic carbocycles. The van der Waals surface area contributed by atoms with E-state index in [1.54, 1.807) is 12.3 Å². The Morgan fingerprint density at radius 3 is 2.45 bits per heavy atom. The molecule has 0 spiro atoms. The van der Waals surface area contributed by atoms with Gasteiger partial charge in [0.1, 0.15) is 17.3 Å². The quantitative estimate of drug-likeness (QED) is 0.514. The van der Waals surface area contributed by atoms with Gasteiger partial charge in [0.15, 0.2) is 23.0 Å². The van der Waals surface area contributed by atoms with Gasteiger partial charge in [-0.1, -0.05) is 19.9 Å². The number of sulfonamides is 1. The number of pyridine rings is 1. The summed E-state index contributed by atoms with van der Waals surface area (Å²) in [5.41, 5.74) is 0.530. The number of likely N-dealkylation sites (N-methyl/N-ethyl adjacent to an activating group) is 2. The molecule has 1 amide bonds. The molecule has 0 bridgehead atoms. The zero-order chi connectivity index (χ0) is 27.6. The van der Waals surface area contributed by atoms with E-state index in [2.05, 4.69) is 27.1 Å². The Balaban J connectivity index is 1.59. The standard InChI is InChI=1S/C26H35N5O6S/c1-17(2)18-6-7-23(27-16-18)28-26(33)24-25(32)19-14-20(36-5)21(15-22(19)38(34,35)30(24)4)37-13-12-31-10-8-29(3)9-11-31/h6-7,14-17,32H,8-13H2,1-5H3,(H,27,28,33). The smallest absolute Gasteiger partial charge is 0.277 e. The van der Waals surface area contributed by atoms with E-state index in [0.717, 1.165) is 36.0 Å². The molecule has 0 saturated carbocycles. The highest BCUT2D eigenvalue weighted by Crippen LogP contribution is 2.41. The normalized spacial score (nSPS) is 17.9. The number of anilines is 1. The number of methoxy groups -OCH3 is 1. The Morgan fingerprint density at radius 1 is 1.13 bits per heavy atom. The summed E-state index contributed by atoms with van der Waals surface area (Å²) < 4.78 is 39.0. The van der Waals surface area contributed by atoms with E-state index < -0.39 is 27.4 Å². The lowest BCUT2D eigenvalue weighted by molar-refractivity contribution is -0.113. The molecule has 38 heavy (non-hydrogen) atoms. The molecule has 12 heteroatoms. The molecule has 0 atom stereocenters. The average molecular weight is 546 g/mol. The highest BCUT2D eigenvalue weighted by molar-refractivity contribution is 7.89. The van der Waals surface area contributed by atoms with Crippen molar-refractivity contribution in [3.8, 4) is 11.5 Å². The number of nitrogens with zero attached hydrogens (tertiary/aromatic N) is 4. The van der Waals surface area contributed by atoms with Gasteiger partial charge in [0.05, 0.1) is 7.11 Å². The fraction of sp³-hybridized carbons (Fsp3) is 0.462. The van der Waals surface area contributed by atoms with E-state index in [0.29, 0.717) is 13.2 Å². The molecule has 1 saturated heterocycles. The maximum atomic E-state index is 13.4. The minimum absolute atomic E-state index is 0.0420. The van der Waals surface area contributed by atoms with Crippen LogP contribution in [0.3, 0.4) is 0 Å². The number of piperazine rings is 1. The average Bonchev–Trinajstić information content (AvgIpc) is 2.89. The van der Waals surface area contributed by atoms with E-state index in [-0.39, 0.29) is 33.7 Å². The second-order valence-corrected chi connectivity index (χ2v) is 11.7. The summed E-state index contributed by atoms with van der Waals surface area (Å²) in [5, 5.41) is 13.6. The minimum atomic E-state index is -4.17. The van der Waals surface area contributed by atoms with Gasteiger partial charge in [0.2, 0.25) is 0 Å². The van der Waals surface area contributed by atoms with Crippen molar-refractivity contribution >= 4 is 27.5 Å². The molecular formula is C26H35N5O6S. The van der Waals surface area contributed by atoms with Gasteiger partial charge in [-0.3, -0.25) is 14.0 Å². The number of amides is 1. The van der Waals surface area contributed by atoms with Crippen LogP contribution in [0.25, 0.3) is 5.76 Å². The number of ether oxygens (including phenoxy) is 2. The first kappa shape index (κ1) is 27.7. The third kappa shape index (κ3) is 5.57. The predicted molar refractivity (Wildman–Crippen MR) is 144 cm³/mol. The van der Waals surface area contributed by atoms with Gasteiger partial charge in [0, 0.05) is 57.6 Å².